The molecule has 9 nitrogen and oxygen atoms in total. The van der Waals surface area contributed by atoms with Gasteiger partial charge in [-0.15, -0.1) is 13.2 Å². The molecule has 1 aliphatic heterocycles. The van der Waals surface area contributed by atoms with Gasteiger partial charge in [-0.2, -0.15) is 0 Å². The summed E-state index contributed by atoms with van der Waals surface area (Å²) < 4.78 is 28.2. The Labute approximate surface area is 205 Å². The Morgan fingerprint density at radius 3 is 1.97 bits per heavy atom. The second-order valence-electron chi connectivity index (χ2n) is 8.35. The molecule has 9 heteroatoms. The van der Waals surface area contributed by atoms with E-state index in [9.17, 15) is 19.5 Å². The normalized spacial score (nSPS) is 25.5. The average Bonchev–Trinajstić information content (AvgIpc) is 2.86. The highest BCUT2D eigenvalue weighted by atomic mass is 16.7. The van der Waals surface area contributed by atoms with Crippen molar-refractivity contribution in [1.82, 2.24) is 0 Å². The van der Waals surface area contributed by atoms with Gasteiger partial charge < -0.3 is 28.8 Å². The minimum Gasteiger partial charge on any atom is -0.455 e. The first-order valence-corrected chi connectivity index (χ1v) is 11.4. The maximum atomic E-state index is 12.9. The lowest BCUT2D eigenvalue weighted by atomic mass is 9.97. The van der Waals surface area contributed by atoms with E-state index in [2.05, 4.69) is 13.2 Å². The molecular formula is C26H34O9. The molecular weight excluding hydrogens is 456 g/mol. The molecule has 1 aromatic rings. The minimum atomic E-state index is -1.31. The van der Waals surface area contributed by atoms with Crippen LogP contribution in [0.4, 0.5) is 0 Å². The van der Waals surface area contributed by atoms with Gasteiger partial charge >= 0.3 is 17.9 Å². The number of hydrogen-bond donors (Lipinski definition) is 1. The number of methoxy groups -OCH3 is 1. The molecule has 0 radical (unpaired) electrons. The second kappa shape index (κ2) is 13.8. The number of ether oxygens (including phenoxy) is 5. The average molecular weight is 491 g/mol. The fraction of sp³-hybridized carbons (Fsp3) is 0.500. The fourth-order valence-corrected chi connectivity index (χ4v) is 3.58. The molecule has 7 atom stereocenters. The zero-order valence-electron chi connectivity index (χ0n) is 20.3. The SMILES string of the molecule is C=CC[C@@H](C)C(=O)O[C@@H]1[C@@H](OC(=O)c2ccccc2)[C@@H](OC)O[C@H](CO)[C@H]1OC(=O)[C@H](C)CC=C. The Balaban J connectivity index is 2.43. The first-order valence-electron chi connectivity index (χ1n) is 11.4. The molecule has 0 spiro atoms. The number of hydrogen-bond acceptors (Lipinski definition) is 9. The molecule has 1 aromatic carbocycles. The van der Waals surface area contributed by atoms with Crippen molar-refractivity contribution in [3.63, 3.8) is 0 Å². The van der Waals surface area contributed by atoms with Gasteiger partial charge in [0.25, 0.3) is 0 Å². The molecule has 0 saturated carbocycles. The largest absolute Gasteiger partial charge is 0.455 e. The van der Waals surface area contributed by atoms with E-state index in [4.69, 9.17) is 23.7 Å². The summed E-state index contributed by atoms with van der Waals surface area (Å²) in [5.41, 5.74) is 0.255. The zero-order chi connectivity index (χ0) is 26.0. The Bertz CT molecular complexity index is 869. The van der Waals surface area contributed by atoms with E-state index >= 15 is 0 Å². The number of allylic oxidation sites excluding steroid dienone is 2. The number of aliphatic hydroxyl groups is 1. The summed E-state index contributed by atoms with van der Waals surface area (Å²) in [5.74, 6) is -3.06. The Kier molecular flexibility index (Phi) is 11.1. The maximum Gasteiger partial charge on any atom is 0.338 e. The summed E-state index contributed by atoms with van der Waals surface area (Å²) in [4.78, 5) is 38.4. The molecule has 1 saturated heterocycles. The van der Waals surface area contributed by atoms with Gasteiger partial charge in [0.1, 0.15) is 6.10 Å². The molecule has 0 aliphatic carbocycles. The monoisotopic (exact) mass is 490 g/mol. The summed E-state index contributed by atoms with van der Waals surface area (Å²) in [5, 5.41) is 9.97. The summed E-state index contributed by atoms with van der Waals surface area (Å²) in [7, 11) is 1.32. The lowest BCUT2D eigenvalue weighted by Crippen LogP contribution is -2.63. The lowest BCUT2D eigenvalue weighted by molar-refractivity contribution is -0.299. The van der Waals surface area contributed by atoms with Crippen molar-refractivity contribution in [2.75, 3.05) is 13.7 Å². The van der Waals surface area contributed by atoms with Gasteiger partial charge in [-0.05, 0) is 25.0 Å². The third kappa shape index (κ3) is 7.48. The molecule has 35 heavy (non-hydrogen) atoms. The molecule has 0 bridgehead atoms. The minimum absolute atomic E-state index is 0.255. The van der Waals surface area contributed by atoms with Crippen LogP contribution in [0, 0.1) is 11.8 Å². The van der Waals surface area contributed by atoms with Gasteiger partial charge in [0.15, 0.2) is 24.6 Å². The zero-order valence-corrected chi connectivity index (χ0v) is 20.3. The van der Waals surface area contributed by atoms with Crippen LogP contribution < -0.4 is 0 Å². The van der Waals surface area contributed by atoms with Crippen molar-refractivity contribution in [1.29, 1.82) is 0 Å². The molecule has 192 valence electrons. The van der Waals surface area contributed by atoms with Gasteiger partial charge in [-0.1, -0.05) is 44.2 Å². The Morgan fingerprint density at radius 1 is 0.943 bits per heavy atom. The maximum absolute atomic E-state index is 12.9. The van der Waals surface area contributed by atoms with E-state index in [-0.39, 0.29) is 5.56 Å². The van der Waals surface area contributed by atoms with Crippen LogP contribution in [0.1, 0.15) is 37.0 Å². The molecule has 0 unspecified atom stereocenters. The quantitative estimate of drug-likeness (QED) is 0.268. The number of esters is 3. The van der Waals surface area contributed by atoms with Crippen LogP contribution in [-0.2, 0) is 33.3 Å². The second-order valence-corrected chi connectivity index (χ2v) is 8.35. The van der Waals surface area contributed by atoms with Crippen LogP contribution in [0.3, 0.4) is 0 Å². The van der Waals surface area contributed by atoms with Crippen molar-refractivity contribution in [3.8, 4) is 0 Å². The van der Waals surface area contributed by atoms with E-state index in [1.165, 1.54) is 7.11 Å². The topological polar surface area (TPSA) is 118 Å². The number of benzene rings is 1. The molecule has 0 amide bonds. The molecule has 1 aliphatic rings. The van der Waals surface area contributed by atoms with Gasteiger partial charge in [-0.3, -0.25) is 9.59 Å². The molecule has 1 fully saturated rings. The highest BCUT2D eigenvalue weighted by Crippen LogP contribution is 2.31. The Morgan fingerprint density at radius 2 is 1.49 bits per heavy atom. The number of carbonyl (C=O) groups is 3. The summed E-state index contributed by atoms with van der Waals surface area (Å²) in [6, 6.07) is 8.21. The van der Waals surface area contributed by atoms with Crippen molar-refractivity contribution < 1.29 is 43.2 Å². The molecule has 1 heterocycles. The van der Waals surface area contributed by atoms with Gasteiger partial charge in [0, 0.05) is 7.11 Å². The lowest BCUT2D eigenvalue weighted by Gasteiger charge is -2.44. The Hall–Kier alpha value is -3.01. The van der Waals surface area contributed by atoms with Crippen LogP contribution in [0.5, 0.6) is 0 Å². The first kappa shape index (κ1) is 28.2. The van der Waals surface area contributed by atoms with Crippen LogP contribution in [0.15, 0.2) is 55.6 Å². The van der Waals surface area contributed by atoms with Crippen molar-refractivity contribution in [2.45, 2.75) is 57.4 Å². The van der Waals surface area contributed by atoms with Crippen LogP contribution >= 0.6 is 0 Å². The van der Waals surface area contributed by atoms with Gasteiger partial charge in [0.2, 0.25) is 0 Å². The number of aliphatic hydroxyl groups excluding tert-OH is 1. The fourth-order valence-electron chi connectivity index (χ4n) is 3.58. The molecule has 2 rings (SSSR count). The first-order chi connectivity index (χ1) is 16.8. The smallest absolute Gasteiger partial charge is 0.338 e. The van der Waals surface area contributed by atoms with E-state index in [1.807, 2.05) is 0 Å². The summed E-state index contributed by atoms with van der Waals surface area (Å²) in [6.45, 7) is 9.99. The van der Waals surface area contributed by atoms with Crippen molar-refractivity contribution in [2.24, 2.45) is 11.8 Å². The predicted octanol–water partition coefficient (Wildman–Crippen LogP) is 2.82. The highest BCUT2D eigenvalue weighted by Gasteiger charge is 2.53. The predicted molar refractivity (Wildman–Crippen MR) is 126 cm³/mol. The van der Waals surface area contributed by atoms with Crippen molar-refractivity contribution >= 4 is 17.9 Å². The van der Waals surface area contributed by atoms with E-state index in [1.54, 1.807) is 56.3 Å². The van der Waals surface area contributed by atoms with Crippen LogP contribution in [-0.4, -0.2) is 67.4 Å². The highest BCUT2D eigenvalue weighted by molar-refractivity contribution is 5.89. The van der Waals surface area contributed by atoms with Crippen LogP contribution in [0.2, 0.25) is 0 Å². The van der Waals surface area contributed by atoms with E-state index in [0.717, 1.165) is 0 Å². The van der Waals surface area contributed by atoms with E-state index < -0.39 is 67.1 Å². The third-order valence-electron chi connectivity index (χ3n) is 5.61. The van der Waals surface area contributed by atoms with Crippen LogP contribution in [0.25, 0.3) is 0 Å². The third-order valence-corrected chi connectivity index (χ3v) is 5.61. The standard InChI is InChI=1S/C26H34O9/c1-6-11-16(3)23(28)33-20-19(15-27)32-26(31-5)22(21(20)34-24(29)17(4)12-7-2)35-25(30)18-13-9-8-10-14-18/h6-10,13-14,16-17,19-22,26-27H,1-2,11-12,15H2,3-5H3/t16-,17-,19-,20-,21+,22-,26+/m1/s1. The molecule has 1 N–H and O–H groups in total. The number of carbonyl (C=O) groups excluding carboxylic acids is 3. The summed E-state index contributed by atoms with van der Waals surface area (Å²) >= 11 is 0. The van der Waals surface area contributed by atoms with Gasteiger partial charge in [0.05, 0.1) is 24.0 Å². The van der Waals surface area contributed by atoms with Gasteiger partial charge in [-0.25, -0.2) is 4.79 Å². The summed E-state index contributed by atoms with van der Waals surface area (Å²) in [6.07, 6.45) is -2.32. The number of rotatable bonds is 12. The van der Waals surface area contributed by atoms with Crippen molar-refractivity contribution in [3.05, 3.63) is 61.2 Å². The molecule has 0 aromatic heterocycles. The van der Waals surface area contributed by atoms with E-state index in [0.29, 0.717) is 12.8 Å².